The molecule has 0 saturated carbocycles. The molecule has 2 amide bonds. The van der Waals surface area contributed by atoms with E-state index < -0.39 is 41.1 Å². The van der Waals surface area contributed by atoms with Gasteiger partial charge in [0.05, 0.1) is 24.2 Å². The van der Waals surface area contributed by atoms with E-state index in [2.05, 4.69) is 13.2 Å². The van der Waals surface area contributed by atoms with Crippen molar-refractivity contribution in [3.8, 4) is 0 Å². The number of rotatable bonds is 10. The van der Waals surface area contributed by atoms with Gasteiger partial charge in [-0.2, -0.15) is 0 Å². The highest BCUT2D eigenvalue weighted by Gasteiger charge is 2.81. The quantitative estimate of drug-likeness (QED) is 0.361. The molecule has 1 N–H and O–H groups in total. The van der Waals surface area contributed by atoms with E-state index in [1.54, 1.807) is 11.0 Å². The van der Waals surface area contributed by atoms with E-state index in [0.29, 0.717) is 6.42 Å². The van der Waals surface area contributed by atoms with Gasteiger partial charge in [-0.05, 0) is 56.2 Å². The predicted octanol–water partition coefficient (Wildman–Crippen LogP) is 3.58. The van der Waals surface area contributed by atoms with Crippen LogP contribution >= 0.6 is 0 Å². The molecular weight excluding hydrogens is 496 g/mol. The normalized spacial score (nSPS) is 31.8. The van der Waals surface area contributed by atoms with Crippen LogP contribution in [-0.4, -0.2) is 70.8 Å². The molecule has 7 atom stereocenters. The number of nitrogens with zero attached hydrogens (tertiary/aromatic N) is 2. The molecular formula is C31H42N2O6. The number of fused-ring (bicyclic) bond motifs is 1. The number of hydrogen-bond acceptors (Lipinski definition) is 6. The Hall–Kier alpha value is -2.97. The van der Waals surface area contributed by atoms with Crippen molar-refractivity contribution >= 4 is 23.5 Å². The molecule has 3 saturated heterocycles. The lowest BCUT2D eigenvalue weighted by atomic mass is 9.62. The lowest BCUT2D eigenvalue weighted by Crippen LogP contribution is -2.60. The number of esters is 1. The van der Waals surface area contributed by atoms with Gasteiger partial charge >= 0.3 is 5.97 Å². The van der Waals surface area contributed by atoms with Crippen LogP contribution in [0.2, 0.25) is 0 Å². The van der Waals surface area contributed by atoms with Crippen molar-refractivity contribution in [3.05, 3.63) is 54.6 Å². The Labute approximate surface area is 231 Å². The van der Waals surface area contributed by atoms with Gasteiger partial charge in [-0.1, -0.05) is 51.6 Å². The van der Waals surface area contributed by atoms with Gasteiger partial charge in [0.1, 0.15) is 24.2 Å². The highest BCUT2D eigenvalue weighted by atomic mass is 16.6. The minimum absolute atomic E-state index is 0.0186. The molecule has 3 unspecified atom stereocenters. The van der Waals surface area contributed by atoms with Crippen LogP contribution in [0.4, 0.5) is 5.69 Å². The lowest BCUT2D eigenvalue weighted by Gasteiger charge is -2.41. The maximum atomic E-state index is 14.8. The summed E-state index contributed by atoms with van der Waals surface area (Å²) in [5.74, 6) is -3.23. The number of benzene rings is 1. The fourth-order valence-electron chi connectivity index (χ4n) is 7.12. The van der Waals surface area contributed by atoms with Crippen LogP contribution in [0.1, 0.15) is 45.2 Å². The summed E-state index contributed by atoms with van der Waals surface area (Å²) in [6.07, 6.45) is 3.58. The summed E-state index contributed by atoms with van der Waals surface area (Å²) < 4.78 is 12.3. The Kier molecular flexibility index (Phi) is 7.85. The van der Waals surface area contributed by atoms with Crippen molar-refractivity contribution < 1.29 is 29.0 Å². The zero-order chi connectivity index (χ0) is 28.9. The molecule has 1 spiro atoms. The standard InChI is InChI=1S/C31H42N2O6/c1-9-13-32(22-15-19(5)11-12-20(22)6)28(36)26-31-16-21(7)30(8,39-31)25(29(37)38-14-10-2)24(31)27(35)33(26)23(17-34)18(3)4/h9-12,15,18,21,23-26,34H,1-2,13-14,16-17H2,3-8H3/t21?,23-,24-,25+,26?,30-,31?/m0/s1. The summed E-state index contributed by atoms with van der Waals surface area (Å²) in [5, 5.41) is 10.5. The van der Waals surface area contributed by atoms with Crippen LogP contribution < -0.4 is 4.90 Å². The second-order valence-corrected chi connectivity index (χ2v) is 11.9. The zero-order valence-electron chi connectivity index (χ0n) is 24.0. The lowest BCUT2D eigenvalue weighted by molar-refractivity contribution is -0.162. The molecule has 0 radical (unpaired) electrons. The van der Waals surface area contributed by atoms with Gasteiger partial charge in [-0.15, -0.1) is 6.58 Å². The van der Waals surface area contributed by atoms with Gasteiger partial charge < -0.3 is 24.4 Å². The molecule has 3 aliphatic rings. The number of amides is 2. The van der Waals surface area contributed by atoms with Gasteiger partial charge in [-0.3, -0.25) is 14.4 Å². The molecule has 0 aromatic heterocycles. The number of hydrogen-bond donors (Lipinski definition) is 1. The van der Waals surface area contributed by atoms with Gasteiger partial charge in [-0.25, -0.2) is 0 Å². The average molecular weight is 539 g/mol. The molecule has 1 aromatic rings. The minimum Gasteiger partial charge on any atom is -0.461 e. The minimum atomic E-state index is -1.24. The second kappa shape index (κ2) is 10.5. The summed E-state index contributed by atoms with van der Waals surface area (Å²) >= 11 is 0. The van der Waals surface area contributed by atoms with Gasteiger partial charge in [0.2, 0.25) is 5.91 Å². The van der Waals surface area contributed by atoms with Crippen LogP contribution in [0.15, 0.2) is 43.5 Å². The van der Waals surface area contributed by atoms with Crippen molar-refractivity contribution in [2.24, 2.45) is 23.7 Å². The number of ether oxygens (including phenoxy) is 2. The second-order valence-electron chi connectivity index (χ2n) is 11.9. The van der Waals surface area contributed by atoms with Crippen molar-refractivity contribution in [2.45, 2.75) is 71.2 Å². The topological polar surface area (TPSA) is 96.4 Å². The van der Waals surface area contributed by atoms with Crippen molar-refractivity contribution in [2.75, 3.05) is 24.7 Å². The largest absolute Gasteiger partial charge is 0.461 e. The third-order valence-electron chi connectivity index (χ3n) is 9.13. The first-order valence-electron chi connectivity index (χ1n) is 13.8. The van der Waals surface area contributed by atoms with E-state index in [1.165, 1.54) is 11.0 Å². The van der Waals surface area contributed by atoms with Crippen molar-refractivity contribution in [3.63, 3.8) is 0 Å². The molecule has 3 heterocycles. The molecule has 2 bridgehead atoms. The Balaban J connectivity index is 1.91. The molecule has 3 fully saturated rings. The van der Waals surface area contributed by atoms with Crippen molar-refractivity contribution in [1.29, 1.82) is 0 Å². The molecule has 212 valence electrons. The van der Waals surface area contributed by atoms with Crippen LogP contribution in [0.3, 0.4) is 0 Å². The molecule has 39 heavy (non-hydrogen) atoms. The SMILES string of the molecule is C=CCOC(=O)[C@H]1[C@H]2C(=O)N([C@@H](CO)C(C)C)C(C(=O)N(CC=C)c3cc(C)ccc3C)C23CC(C)[C@]1(C)O3. The smallest absolute Gasteiger partial charge is 0.313 e. The van der Waals surface area contributed by atoms with Crippen molar-refractivity contribution in [1.82, 2.24) is 4.90 Å². The molecule has 4 rings (SSSR count). The van der Waals surface area contributed by atoms with Crippen LogP contribution in [-0.2, 0) is 23.9 Å². The molecule has 8 heteroatoms. The summed E-state index contributed by atoms with van der Waals surface area (Å²) in [6, 6.07) is 4.23. The van der Waals surface area contributed by atoms with E-state index in [0.717, 1.165) is 16.8 Å². The Morgan fingerprint density at radius 2 is 1.97 bits per heavy atom. The number of carbonyl (C=O) groups excluding carboxylic acids is 3. The highest BCUT2D eigenvalue weighted by molar-refractivity contribution is 6.05. The Bertz CT molecular complexity index is 1180. The average Bonchev–Trinajstić information content (AvgIpc) is 3.39. The first-order valence-corrected chi connectivity index (χ1v) is 13.8. The van der Waals surface area contributed by atoms with Crippen LogP contribution in [0.25, 0.3) is 0 Å². The number of carbonyl (C=O) groups is 3. The third-order valence-corrected chi connectivity index (χ3v) is 9.13. The molecule has 1 aromatic carbocycles. The fraction of sp³-hybridized carbons (Fsp3) is 0.581. The number of aliphatic hydroxyl groups excluding tert-OH is 1. The molecule has 3 aliphatic heterocycles. The maximum absolute atomic E-state index is 14.8. The molecule has 8 nitrogen and oxygen atoms in total. The monoisotopic (exact) mass is 538 g/mol. The predicted molar refractivity (Wildman–Crippen MR) is 149 cm³/mol. The summed E-state index contributed by atoms with van der Waals surface area (Å²) in [4.78, 5) is 45.8. The van der Waals surface area contributed by atoms with E-state index in [4.69, 9.17) is 9.47 Å². The van der Waals surface area contributed by atoms with E-state index in [-0.39, 0.29) is 43.4 Å². The number of aryl methyl sites for hydroxylation is 2. The van der Waals surface area contributed by atoms with E-state index in [9.17, 15) is 19.5 Å². The Morgan fingerprint density at radius 1 is 1.28 bits per heavy atom. The Morgan fingerprint density at radius 3 is 2.56 bits per heavy atom. The first-order chi connectivity index (χ1) is 18.4. The van der Waals surface area contributed by atoms with E-state index >= 15 is 0 Å². The number of aliphatic hydroxyl groups is 1. The summed E-state index contributed by atoms with van der Waals surface area (Å²) in [6.45, 7) is 19.0. The summed E-state index contributed by atoms with van der Waals surface area (Å²) in [7, 11) is 0. The van der Waals surface area contributed by atoms with Gasteiger partial charge in [0.25, 0.3) is 5.91 Å². The van der Waals surface area contributed by atoms with Gasteiger partial charge in [0.15, 0.2) is 0 Å². The zero-order valence-corrected chi connectivity index (χ0v) is 24.0. The van der Waals surface area contributed by atoms with Crippen LogP contribution in [0, 0.1) is 37.5 Å². The first kappa shape index (κ1) is 29.0. The molecule has 0 aliphatic carbocycles. The van der Waals surface area contributed by atoms with Gasteiger partial charge in [0, 0.05) is 12.2 Å². The number of anilines is 1. The number of likely N-dealkylation sites (tertiary alicyclic amines) is 1. The van der Waals surface area contributed by atoms with Crippen LogP contribution in [0.5, 0.6) is 0 Å². The fourth-order valence-corrected chi connectivity index (χ4v) is 7.12. The maximum Gasteiger partial charge on any atom is 0.313 e. The summed E-state index contributed by atoms with van der Waals surface area (Å²) in [5.41, 5.74) is 0.419. The third kappa shape index (κ3) is 4.32. The van der Waals surface area contributed by atoms with E-state index in [1.807, 2.05) is 59.7 Å². The highest BCUT2D eigenvalue weighted by Crippen LogP contribution is 2.66.